The van der Waals surface area contributed by atoms with Crippen LogP contribution in [-0.2, 0) is 0 Å². The molecular weight excluding hydrogens is 260 g/mol. The van der Waals surface area contributed by atoms with Gasteiger partial charge in [0.05, 0.1) is 12.3 Å². The van der Waals surface area contributed by atoms with Crippen LogP contribution in [0.15, 0.2) is 18.2 Å². The third kappa shape index (κ3) is 3.52. The predicted molar refractivity (Wildman–Crippen MR) is 88.2 cm³/mol. The number of fused-ring (bicyclic) bond motifs is 1. The van der Waals surface area contributed by atoms with Gasteiger partial charge in [-0.3, -0.25) is 0 Å². The fourth-order valence-corrected chi connectivity index (χ4v) is 3.66. The summed E-state index contributed by atoms with van der Waals surface area (Å²) in [5.74, 6) is 1.02. The van der Waals surface area contributed by atoms with Crippen LogP contribution in [-0.4, -0.2) is 36.7 Å². The zero-order chi connectivity index (χ0) is 14.7. The van der Waals surface area contributed by atoms with Crippen molar-refractivity contribution in [2.45, 2.75) is 58.0 Å². The number of benzene rings is 1. The smallest absolute Gasteiger partial charge is 0.142 e. The highest BCUT2D eigenvalue weighted by Gasteiger charge is 2.31. The largest absolute Gasteiger partial charge is 0.491 e. The molecule has 1 aromatic carbocycles. The Balaban J connectivity index is 1.66. The van der Waals surface area contributed by atoms with E-state index in [0.29, 0.717) is 6.04 Å². The highest BCUT2D eigenvalue weighted by molar-refractivity contribution is 5.58. The molecule has 2 atom stereocenters. The maximum absolute atomic E-state index is 5.92. The van der Waals surface area contributed by atoms with Crippen molar-refractivity contribution >= 4 is 5.69 Å². The first-order chi connectivity index (χ1) is 10.3. The van der Waals surface area contributed by atoms with E-state index in [4.69, 9.17) is 4.74 Å². The van der Waals surface area contributed by atoms with Crippen LogP contribution in [0.5, 0.6) is 5.75 Å². The van der Waals surface area contributed by atoms with E-state index in [1.165, 1.54) is 50.0 Å². The van der Waals surface area contributed by atoms with Crippen molar-refractivity contribution in [1.29, 1.82) is 0 Å². The van der Waals surface area contributed by atoms with Crippen LogP contribution in [0.4, 0.5) is 5.69 Å². The first-order valence-corrected chi connectivity index (χ1v) is 8.50. The number of hydrogen-bond acceptors (Lipinski definition) is 3. The number of piperidine rings is 1. The zero-order valence-electron chi connectivity index (χ0n) is 13.4. The normalized spacial score (nSPS) is 25.6. The Morgan fingerprint density at radius 3 is 3.05 bits per heavy atom. The molecule has 21 heavy (non-hydrogen) atoms. The van der Waals surface area contributed by atoms with Crippen molar-refractivity contribution in [3.63, 3.8) is 0 Å². The van der Waals surface area contributed by atoms with E-state index in [2.05, 4.69) is 42.3 Å². The minimum atomic E-state index is 0.594. The fourth-order valence-electron chi connectivity index (χ4n) is 3.66. The molecule has 0 bridgehead atoms. The van der Waals surface area contributed by atoms with Crippen LogP contribution in [0.1, 0.15) is 44.6 Å². The molecule has 0 radical (unpaired) electrons. The first-order valence-electron chi connectivity index (χ1n) is 8.50. The second-order valence-electron chi connectivity index (χ2n) is 6.55. The summed E-state index contributed by atoms with van der Waals surface area (Å²) in [4.78, 5) is 2.67. The topological polar surface area (TPSA) is 24.5 Å². The maximum Gasteiger partial charge on any atom is 0.142 e. The number of nitrogens with one attached hydrogen (secondary N) is 1. The summed E-state index contributed by atoms with van der Waals surface area (Å²) >= 11 is 0. The van der Waals surface area contributed by atoms with Crippen LogP contribution in [0.3, 0.4) is 0 Å². The van der Waals surface area contributed by atoms with Crippen molar-refractivity contribution in [3.05, 3.63) is 23.8 Å². The van der Waals surface area contributed by atoms with E-state index in [0.717, 1.165) is 24.8 Å². The second-order valence-corrected chi connectivity index (χ2v) is 6.55. The number of aryl methyl sites for hydroxylation is 1. The summed E-state index contributed by atoms with van der Waals surface area (Å²) < 4.78 is 5.92. The Morgan fingerprint density at radius 2 is 2.19 bits per heavy atom. The molecule has 3 nitrogen and oxygen atoms in total. The van der Waals surface area contributed by atoms with Crippen LogP contribution in [0.25, 0.3) is 0 Å². The molecule has 2 unspecified atom stereocenters. The van der Waals surface area contributed by atoms with Gasteiger partial charge in [0.2, 0.25) is 0 Å². The molecule has 116 valence electrons. The summed E-state index contributed by atoms with van der Waals surface area (Å²) in [5, 5.41) is 3.75. The summed E-state index contributed by atoms with van der Waals surface area (Å²) in [6, 6.07) is 7.91. The van der Waals surface area contributed by atoms with Gasteiger partial charge >= 0.3 is 0 Å². The van der Waals surface area contributed by atoms with E-state index in [-0.39, 0.29) is 0 Å². The standard InChI is InChI=1S/C18H28N2O/c1-3-11-21-18-12-14(2)6-7-17(18)19-15-8-10-20-9-4-5-16(20)13-15/h6-7,12,15-16,19H,3-5,8-11,13H2,1-2H3. The minimum Gasteiger partial charge on any atom is -0.491 e. The van der Waals surface area contributed by atoms with E-state index in [1.54, 1.807) is 0 Å². The van der Waals surface area contributed by atoms with E-state index < -0.39 is 0 Å². The number of ether oxygens (including phenoxy) is 1. The Bertz CT molecular complexity index is 474. The minimum absolute atomic E-state index is 0.594. The van der Waals surface area contributed by atoms with Crippen molar-refractivity contribution in [2.24, 2.45) is 0 Å². The van der Waals surface area contributed by atoms with E-state index in [9.17, 15) is 0 Å². The van der Waals surface area contributed by atoms with Gasteiger partial charge in [0, 0.05) is 18.6 Å². The molecule has 2 heterocycles. The lowest BCUT2D eigenvalue weighted by atomic mass is 9.97. The number of anilines is 1. The monoisotopic (exact) mass is 288 g/mol. The molecule has 1 aromatic rings. The lowest BCUT2D eigenvalue weighted by molar-refractivity contribution is 0.188. The fraction of sp³-hybridized carbons (Fsp3) is 0.667. The highest BCUT2D eigenvalue weighted by Crippen LogP contribution is 2.32. The second kappa shape index (κ2) is 6.69. The number of nitrogens with zero attached hydrogens (tertiary/aromatic N) is 1. The molecule has 3 rings (SSSR count). The van der Waals surface area contributed by atoms with Gasteiger partial charge in [-0.2, -0.15) is 0 Å². The molecule has 0 amide bonds. The van der Waals surface area contributed by atoms with Crippen molar-refractivity contribution < 1.29 is 4.74 Å². The van der Waals surface area contributed by atoms with Gasteiger partial charge in [0.15, 0.2) is 0 Å². The highest BCUT2D eigenvalue weighted by atomic mass is 16.5. The Labute approximate surface area is 128 Å². The van der Waals surface area contributed by atoms with Gasteiger partial charge in [0.1, 0.15) is 5.75 Å². The number of rotatable bonds is 5. The summed E-state index contributed by atoms with van der Waals surface area (Å²) in [5.41, 5.74) is 2.43. The lowest BCUT2D eigenvalue weighted by Crippen LogP contribution is -2.42. The van der Waals surface area contributed by atoms with Crippen LogP contribution >= 0.6 is 0 Å². The van der Waals surface area contributed by atoms with Crippen molar-refractivity contribution in [2.75, 3.05) is 25.0 Å². The molecule has 0 aliphatic carbocycles. The summed E-state index contributed by atoms with van der Waals surface area (Å²) in [6.45, 7) is 7.63. The molecule has 2 aliphatic heterocycles. The van der Waals surface area contributed by atoms with Gasteiger partial charge in [-0.15, -0.1) is 0 Å². The van der Waals surface area contributed by atoms with Gasteiger partial charge < -0.3 is 15.0 Å². The molecule has 1 N–H and O–H groups in total. The molecule has 0 saturated carbocycles. The lowest BCUT2D eigenvalue weighted by Gasteiger charge is -2.35. The molecule has 0 spiro atoms. The van der Waals surface area contributed by atoms with E-state index >= 15 is 0 Å². The van der Waals surface area contributed by atoms with Gasteiger partial charge in [-0.25, -0.2) is 0 Å². The first kappa shape index (κ1) is 14.7. The summed E-state index contributed by atoms with van der Waals surface area (Å²) in [6.07, 6.45) is 6.34. The van der Waals surface area contributed by atoms with Gasteiger partial charge in [0.25, 0.3) is 0 Å². The molecule has 0 aromatic heterocycles. The Kier molecular flexibility index (Phi) is 4.69. The average Bonchev–Trinajstić information content (AvgIpc) is 2.95. The SMILES string of the molecule is CCCOc1cc(C)ccc1NC1CCN2CCCC2C1. The average molecular weight is 288 g/mol. The van der Waals surface area contributed by atoms with Crippen LogP contribution < -0.4 is 10.1 Å². The van der Waals surface area contributed by atoms with Crippen LogP contribution in [0.2, 0.25) is 0 Å². The van der Waals surface area contributed by atoms with Crippen LogP contribution in [0, 0.1) is 6.92 Å². The zero-order valence-corrected chi connectivity index (χ0v) is 13.4. The Hall–Kier alpha value is -1.22. The van der Waals surface area contributed by atoms with Crippen molar-refractivity contribution in [3.8, 4) is 5.75 Å². The predicted octanol–water partition coefficient (Wildman–Crippen LogP) is 3.82. The van der Waals surface area contributed by atoms with Gasteiger partial charge in [-0.05, 0) is 63.3 Å². The van der Waals surface area contributed by atoms with Gasteiger partial charge in [-0.1, -0.05) is 13.0 Å². The molecule has 2 fully saturated rings. The maximum atomic E-state index is 5.92. The third-order valence-corrected chi connectivity index (χ3v) is 4.78. The quantitative estimate of drug-likeness (QED) is 0.891. The molecule has 2 aliphatic rings. The Morgan fingerprint density at radius 1 is 1.29 bits per heavy atom. The molecule has 3 heteroatoms. The third-order valence-electron chi connectivity index (χ3n) is 4.78. The van der Waals surface area contributed by atoms with E-state index in [1.807, 2.05) is 0 Å². The summed E-state index contributed by atoms with van der Waals surface area (Å²) in [7, 11) is 0. The molecule has 2 saturated heterocycles. The van der Waals surface area contributed by atoms with Crippen molar-refractivity contribution in [1.82, 2.24) is 4.90 Å². The number of hydrogen-bond donors (Lipinski definition) is 1. The molecular formula is C18H28N2O.